The molecule has 2 N–H and O–H groups in total. The smallest absolute Gasteiger partial charge is 0.152 e. The van der Waals surface area contributed by atoms with E-state index in [-0.39, 0.29) is 15.8 Å². The van der Waals surface area contributed by atoms with E-state index in [1.54, 1.807) is 18.3 Å². The number of hydrogen-bond donors (Lipinski definition) is 2. The van der Waals surface area contributed by atoms with Gasteiger partial charge in [-0.2, -0.15) is 0 Å². The predicted molar refractivity (Wildman–Crippen MR) is 87.2 cm³/mol. The molecule has 3 nitrogen and oxygen atoms in total. The summed E-state index contributed by atoms with van der Waals surface area (Å²) in [6.45, 7) is 0.624. The number of aromatic hydroxyl groups is 1. The third-order valence-electron chi connectivity index (χ3n) is 3.27. The Hall–Kier alpha value is -1.97. The Morgan fingerprint density at radius 2 is 1.86 bits per heavy atom. The van der Waals surface area contributed by atoms with Crippen LogP contribution in [0.2, 0.25) is 10.0 Å². The molecule has 0 unspecified atom stereocenters. The van der Waals surface area contributed by atoms with Crippen LogP contribution in [0.5, 0.6) is 5.75 Å². The van der Waals surface area contributed by atoms with Crippen molar-refractivity contribution in [3.8, 4) is 5.75 Å². The molecule has 5 heteroatoms. The Balaban J connectivity index is 1.87. The first-order valence-electron chi connectivity index (χ1n) is 6.38. The lowest BCUT2D eigenvalue weighted by Crippen LogP contribution is -2.00. The number of nitrogens with one attached hydrogen (secondary N) is 1. The molecule has 0 bridgehead atoms. The Morgan fingerprint density at radius 1 is 1.10 bits per heavy atom. The van der Waals surface area contributed by atoms with Gasteiger partial charge in [0.05, 0.1) is 10.0 Å². The summed E-state index contributed by atoms with van der Waals surface area (Å²) in [5, 5.41) is 15.5. The first-order valence-corrected chi connectivity index (χ1v) is 7.14. The van der Waals surface area contributed by atoms with Gasteiger partial charge in [-0.3, -0.25) is 4.98 Å². The third kappa shape index (κ3) is 2.89. The van der Waals surface area contributed by atoms with Gasteiger partial charge in [-0.1, -0.05) is 41.4 Å². The van der Waals surface area contributed by atoms with Crippen LogP contribution in [0.1, 0.15) is 5.56 Å². The highest BCUT2D eigenvalue weighted by atomic mass is 35.5. The summed E-state index contributed by atoms with van der Waals surface area (Å²) < 4.78 is 0. The van der Waals surface area contributed by atoms with Crippen LogP contribution in [0.25, 0.3) is 10.8 Å². The number of hydrogen-bond acceptors (Lipinski definition) is 3. The molecule has 0 saturated carbocycles. The minimum absolute atomic E-state index is 0.0971. The van der Waals surface area contributed by atoms with E-state index in [1.807, 2.05) is 24.4 Å². The lowest BCUT2D eigenvalue weighted by atomic mass is 10.1. The second kappa shape index (κ2) is 5.80. The number of pyridine rings is 1. The van der Waals surface area contributed by atoms with Crippen LogP contribution < -0.4 is 5.32 Å². The predicted octanol–water partition coefficient (Wildman–Crippen LogP) is 4.86. The molecule has 0 aliphatic rings. The highest BCUT2D eigenvalue weighted by molar-refractivity contribution is 6.37. The molecule has 3 rings (SSSR count). The Morgan fingerprint density at radius 3 is 2.62 bits per heavy atom. The summed E-state index contributed by atoms with van der Waals surface area (Å²) in [6.07, 6.45) is 3.62. The third-order valence-corrected chi connectivity index (χ3v) is 3.85. The summed E-state index contributed by atoms with van der Waals surface area (Å²) in [6, 6.07) is 11.4. The molecule has 1 aromatic heterocycles. The lowest BCUT2D eigenvalue weighted by molar-refractivity contribution is 0.476. The molecule has 3 aromatic rings. The number of rotatable bonds is 3. The summed E-state index contributed by atoms with van der Waals surface area (Å²) in [5.41, 5.74) is 1.91. The molecule has 0 atom stereocenters. The number of aromatic nitrogens is 1. The summed E-state index contributed by atoms with van der Waals surface area (Å²) in [4.78, 5) is 4.12. The van der Waals surface area contributed by atoms with Gasteiger partial charge < -0.3 is 10.4 Å². The first kappa shape index (κ1) is 14.0. The van der Waals surface area contributed by atoms with E-state index in [4.69, 9.17) is 23.2 Å². The van der Waals surface area contributed by atoms with E-state index in [0.29, 0.717) is 6.54 Å². The maximum atomic E-state index is 9.56. The number of anilines is 1. The zero-order chi connectivity index (χ0) is 14.8. The number of phenols is 1. The molecule has 0 spiro atoms. The molecule has 2 aromatic carbocycles. The van der Waals surface area contributed by atoms with Gasteiger partial charge in [-0.05, 0) is 29.1 Å². The molecule has 0 fully saturated rings. The molecule has 0 amide bonds. The molecule has 21 heavy (non-hydrogen) atoms. The van der Waals surface area contributed by atoms with Gasteiger partial charge >= 0.3 is 0 Å². The average Bonchev–Trinajstić information content (AvgIpc) is 2.50. The molecular formula is C16H12Cl2N2O. The van der Waals surface area contributed by atoms with E-state index >= 15 is 0 Å². The van der Waals surface area contributed by atoms with Crippen LogP contribution in [-0.2, 0) is 6.54 Å². The van der Waals surface area contributed by atoms with Gasteiger partial charge in [-0.15, -0.1) is 0 Å². The van der Waals surface area contributed by atoms with Gasteiger partial charge in [0.15, 0.2) is 5.75 Å². The van der Waals surface area contributed by atoms with Gasteiger partial charge in [0.25, 0.3) is 0 Å². The molecular weight excluding hydrogens is 307 g/mol. The molecule has 0 aliphatic carbocycles. The topological polar surface area (TPSA) is 45.1 Å². The van der Waals surface area contributed by atoms with Crippen LogP contribution in [0.15, 0.2) is 48.8 Å². The van der Waals surface area contributed by atoms with Crippen molar-refractivity contribution >= 4 is 39.7 Å². The Bertz CT molecular complexity index is 777. The quantitative estimate of drug-likeness (QED) is 0.678. The van der Waals surface area contributed by atoms with Crippen LogP contribution in [0, 0.1) is 0 Å². The zero-order valence-corrected chi connectivity index (χ0v) is 12.5. The Kier molecular flexibility index (Phi) is 3.86. The SMILES string of the molecule is Oc1c(Cl)cc(NCc2cccc3cnccc23)cc1Cl. The van der Waals surface area contributed by atoms with Gasteiger partial charge in [0.1, 0.15) is 0 Å². The van der Waals surface area contributed by atoms with Crippen molar-refractivity contribution in [2.24, 2.45) is 0 Å². The largest absolute Gasteiger partial charge is 0.505 e. The van der Waals surface area contributed by atoms with E-state index in [2.05, 4.69) is 16.4 Å². The number of nitrogens with zero attached hydrogens (tertiary/aromatic N) is 1. The second-order valence-electron chi connectivity index (χ2n) is 4.66. The van der Waals surface area contributed by atoms with Gasteiger partial charge in [-0.25, -0.2) is 0 Å². The van der Waals surface area contributed by atoms with Gasteiger partial charge in [0.2, 0.25) is 0 Å². The number of benzene rings is 2. The highest BCUT2D eigenvalue weighted by Crippen LogP contribution is 2.34. The van der Waals surface area contributed by atoms with Crippen molar-refractivity contribution in [1.82, 2.24) is 4.98 Å². The fourth-order valence-electron chi connectivity index (χ4n) is 2.21. The van der Waals surface area contributed by atoms with Crippen molar-refractivity contribution < 1.29 is 5.11 Å². The van der Waals surface area contributed by atoms with E-state index in [9.17, 15) is 5.11 Å². The summed E-state index contributed by atoms with van der Waals surface area (Å²) >= 11 is 11.8. The Labute approximate surface area is 132 Å². The number of fused-ring (bicyclic) bond motifs is 1. The monoisotopic (exact) mass is 318 g/mol. The number of halogens is 2. The molecule has 0 radical (unpaired) electrons. The van der Waals surface area contributed by atoms with E-state index in [0.717, 1.165) is 22.0 Å². The highest BCUT2D eigenvalue weighted by Gasteiger charge is 2.07. The maximum Gasteiger partial charge on any atom is 0.152 e. The fourth-order valence-corrected chi connectivity index (χ4v) is 2.70. The first-order chi connectivity index (χ1) is 10.1. The molecule has 1 heterocycles. The van der Waals surface area contributed by atoms with Crippen LogP contribution in [-0.4, -0.2) is 10.1 Å². The van der Waals surface area contributed by atoms with Crippen molar-refractivity contribution in [3.05, 3.63) is 64.4 Å². The molecule has 106 valence electrons. The molecule has 0 saturated heterocycles. The van der Waals surface area contributed by atoms with Crippen molar-refractivity contribution in [2.75, 3.05) is 5.32 Å². The van der Waals surface area contributed by atoms with E-state index in [1.165, 1.54) is 0 Å². The number of phenolic OH excluding ortho intramolecular Hbond substituents is 1. The van der Waals surface area contributed by atoms with Gasteiger partial charge in [0, 0.05) is 30.0 Å². The van der Waals surface area contributed by atoms with E-state index < -0.39 is 0 Å². The van der Waals surface area contributed by atoms with Crippen molar-refractivity contribution in [1.29, 1.82) is 0 Å². The minimum Gasteiger partial charge on any atom is -0.505 e. The van der Waals surface area contributed by atoms with Crippen LogP contribution in [0.4, 0.5) is 5.69 Å². The summed E-state index contributed by atoms with van der Waals surface area (Å²) in [7, 11) is 0. The second-order valence-corrected chi connectivity index (χ2v) is 5.47. The normalized spacial score (nSPS) is 10.8. The fraction of sp³-hybridized carbons (Fsp3) is 0.0625. The summed E-state index contributed by atoms with van der Waals surface area (Å²) in [5.74, 6) is -0.0971. The zero-order valence-electron chi connectivity index (χ0n) is 11.0. The average molecular weight is 319 g/mol. The lowest BCUT2D eigenvalue weighted by Gasteiger charge is -2.11. The molecule has 0 aliphatic heterocycles. The maximum absolute atomic E-state index is 9.56. The van der Waals surface area contributed by atoms with Crippen LogP contribution >= 0.6 is 23.2 Å². The van der Waals surface area contributed by atoms with Crippen LogP contribution in [0.3, 0.4) is 0 Å². The standard InChI is InChI=1S/C16H12Cl2N2O/c17-14-6-12(7-15(18)16(14)21)20-9-11-3-1-2-10-8-19-5-4-13(10)11/h1-8,20-21H,9H2. The minimum atomic E-state index is -0.0971. The van der Waals surface area contributed by atoms with Crippen molar-refractivity contribution in [3.63, 3.8) is 0 Å². The van der Waals surface area contributed by atoms with Crippen molar-refractivity contribution in [2.45, 2.75) is 6.54 Å².